The summed E-state index contributed by atoms with van der Waals surface area (Å²) in [5.74, 6) is -2.35. The van der Waals surface area contributed by atoms with Crippen LogP contribution in [0.4, 0.5) is 0 Å². The normalized spacial score (nSPS) is 10.2. The fourth-order valence-electron chi connectivity index (χ4n) is 1.82. The van der Waals surface area contributed by atoms with Crippen LogP contribution in [-0.2, 0) is 4.79 Å². The van der Waals surface area contributed by atoms with Crippen LogP contribution in [0.15, 0.2) is 18.2 Å². The Bertz CT molecular complexity index is 467. The van der Waals surface area contributed by atoms with Crippen molar-refractivity contribution in [2.45, 2.75) is 45.4 Å². The summed E-state index contributed by atoms with van der Waals surface area (Å²) in [7, 11) is 0. The van der Waals surface area contributed by atoms with E-state index < -0.39 is 17.7 Å². The molecule has 0 aliphatic heterocycles. The second kappa shape index (κ2) is 8.19. The van der Waals surface area contributed by atoms with Crippen molar-refractivity contribution < 1.29 is 24.5 Å². The average molecular weight is 280 g/mol. The van der Waals surface area contributed by atoms with E-state index in [1.165, 1.54) is 18.2 Å². The van der Waals surface area contributed by atoms with Crippen LogP contribution in [0.2, 0.25) is 0 Å². The molecule has 0 fully saturated rings. The Morgan fingerprint density at radius 2 is 1.85 bits per heavy atom. The van der Waals surface area contributed by atoms with Gasteiger partial charge in [-0.15, -0.1) is 0 Å². The summed E-state index contributed by atoms with van der Waals surface area (Å²) in [5, 5.41) is 18.5. The topological polar surface area (TPSA) is 83.8 Å². The van der Waals surface area contributed by atoms with Gasteiger partial charge in [0.2, 0.25) is 0 Å². The number of unbranched alkanes of at least 4 members (excludes halogenated alkanes) is 4. The highest BCUT2D eigenvalue weighted by Crippen LogP contribution is 2.30. The van der Waals surface area contributed by atoms with Gasteiger partial charge in [0.1, 0.15) is 5.56 Å². The molecule has 0 unspecified atom stereocenters. The summed E-state index contributed by atoms with van der Waals surface area (Å²) in [6.45, 7) is 2.12. The molecule has 0 heterocycles. The molecule has 0 atom stereocenters. The second-order valence-electron chi connectivity index (χ2n) is 4.60. The maximum atomic E-state index is 11.6. The lowest BCUT2D eigenvalue weighted by Gasteiger charge is -2.08. The first-order valence-corrected chi connectivity index (χ1v) is 6.82. The SMILES string of the molecule is CCCCCCCC(=O)Oc1cccc(C(=O)O)c1O. The van der Waals surface area contributed by atoms with E-state index in [4.69, 9.17) is 9.84 Å². The molecular formula is C15H20O5. The van der Waals surface area contributed by atoms with Gasteiger partial charge in [0.15, 0.2) is 11.5 Å². The minimum atomic E-state index is -1.26. The Hall–Kier alpha value is -2.04. The van der Waals surface area contributed by atoms with Crippen molar-refractivity contribution in [1.29, 1.82) is 0 Å². The number of hydrogen-bond donors (Lipinski definition) is 2. The number of carbonyl (C=O) groups excluding carboxylic acids is 1. The number of carboxylic acid groups (broad SMARTS) is 1. The fraction of sp³-hybridized carbons (Fsp3) is 0.467. The van der Waals surface area contributed by atoms with Crippen molar-refractivity contribution in [3.63, 3.8) is 0 Å². The van der Waals surface area contributed by atoms with Crippen molar-refractivity contribution in [1.82, 2.24) is 0 Å². The van der Waals surface area contributed by atoms with E-state index in [-0.39, 0.29) is 17.7 Å². The van der Waals surface area contributed by atoms with E-state index in [0.29, 0.717) is 0 Å². The second-order valence-corrected chi connectivity index (χ2v) is 4.60. The Kier molecular flexibility index (Phi) is 6.56. The van der Waals surface area contributed by atoms with Gasteiger partial charge >= 0.3 is 11.9 Å². The van der Waals surface area contributed by atoms with Gasteiger partial charge in [0.05, 0.1) is 0 Å². The highest BCUT2D eigenvalue weighted by Gasteiger charge is 2.16. The third-order valence-corrected chi connectivity index (χ3v) is 2.94. The number of para-hydroxylation sites is 1. The maximum absolute atomic E-state index is 11.6. The smallest absolute Gasteiger partial charge is 0.339 e. The van der Waals surface area contributed by atoms with Crippen molar-refractivity contribution in [2.75, 3.05) is 0 Å². The molecule has 0 spiro atoms. The lowest BCUT2D eigenvalue weighted by atomic mass is 10.1. The van der Waals surface area contributed by atoms with Crippen LogP contribution in [-0.4, -0.2) is 22.2 Å². The third kappa shape index (κ3) is 4.91. The summed E-state index contributed by atoms with van der Waals surface area (Å²) in [6, 6.07) is 4.05. The molecule has 0 bridgehead atoms. The molecule has 0 aliphatic carbocycles. The summed E-state index contributed by atoms with van der Waals surface area (Å²) in [4.78, 5) is 22.4. The molecule has 0 saturated carbocycles. The fourth-order valence-corrected chi connectivity index (χ4v) is 1.82. The van der Waals surface area contributed by atoms with Crippen LogP contribution in [0.3, 0.4) is 0 Å². The van der Waals surface area contributed by atoms with Crippen LogP contribution in [0.1, 0.15) is 55.8 Å². The Balaban J connectivity index is 2.50. The van der Waals surface area contributed by atoms with Gasteiger partial charge in [-0.3, -0.25) is 4.79 Å². The highest BCUT2D eigenvalue weighted by molar-refractivity contribution is 5.92. The van der Waals surface area contributed by atoms with Crippen molar-refractivity contribution in [3.05, 3.63) is 23.8 Å². The molecule has 0 amide bonds. The first-order chi connectivity index (χ1) is 9.56. The molecule has 1 aromatic rings. The number of esters is 1. The largest absolute Gasteiger partial charge is 0.504 e. The van der Waals surface area contributed by atoms with Crippen LogP contribution >= 0.6 is 0 Å². The number of carboxylic acids is 1. The van der Waals surface area contributed by atoms with Crippen molar-refractivity contribution >= 4 is 11.9 Å². The molecule has 0 radical (unpaired) electrons. The van der Waals surface area contributed by atoms with Gasteiger partial charge in [-0.25, -0.2) is 4.79 Å². The van der Waals surface area contributed by atoms with Crippen molar-refractivity contribution in [2.24, 2.45) is 0 Å². The Morgan fingerprint density at radius 1 is 1.15 bits per heavy atom. The Morgan fingerprint density at radius 3 is 2.50 bits per heavy atom. The van der Waals surface area contributed by atoms with E-state index in [0.717, 1.165) is 32.1 Å². The average Bonchev–Trinajstić information content (AvgIpc) is 2.40. The number of benzene rings is 1. The van der Waals surface area contributed by atoms with Gasteiger partial charge in [-0.2, -0.15) is 0 Å². The van der Waals surface area contributed by atoms with Gasteiger partial charge in [0.25, 0.3) is 0 Å². The molecule has 110 valence electrons. The lowest BCUT2D eigenvalue weighted by molar-refractivity contribution is -0.134. The number of carbonyl (C=O) groups is 2. The number of aromatic carboxylic acids is 1. The Labute approximate surface area is 118 Å². The number of hydrogen-bond acceptors (Lipinski definition) is 4. The number of aromatic hydroxyl groups is 1. The molecule has 5 heteroatoms. The molecule has 0 aliphatic rings. The minimum Gasteiger partial charge on any atom is -0.504 e. The van der Waals surface area contributed by atoms with E-state index >= 15 is 0 Å². The predicted molar refractivity (Wildman–Crippen MR) is 74.1 cm³/mol. The van der Waals surface area contributed by atoms with Crippen molar-refractivity contribution in [3.8, 4) is 11.5 Å². The van der Waals surface area contributed by atoms with Crippen LogP contribution in [0, 0.1) is 0 Å². The van der Waals surface area contributed by atoms with Gasteiger partial charge < -0.3 is 14.9 Å². The first kappa shape index (κ1) is 16.0. The van der Waals surface area contributed by atoms with Gasteiger partial charge in [-0.1, -0.05) is 38.7 Å². The minimum absolute atomic E-state index is 0.108. The zero-order chi connectivity index (χ0) is 15.0. The highest BCUT2D eigenvalue weighted by atomic mass is 16.5. The number of phenols is 1. The summed E-state index contributed by atoms with van der Waals surface area (Å²) in [5.41, 5.74) is -0.279. The van der Waals surface area contributed by atoms with Crippen LogP contribution in [0.5, 0.6) is 11.5 Å². The first-order valence-electron chi connectivity index (χ1n) is 6.82. The quantitative estimate of drug-likeness (QED) is 0.433. The predicted octanol–water partition coefficient (Wildman–Crippen LogP) is 3.36. The van der Waals surface area contributed by atoms with E-state index in [1.807, 2.05) is 0 Å². The number of rotatable bonds is 8. The van der Waals surface area contributed by atoms with Gasteiger partial charge in [-0.05, 0) is 18.6 Å². The summed E-state index contributed by atoms with van der Waals surface area (Å²) >= 11 is 0. The standard InChI is InChI=1S/C15H20O5/c1-2-3-4-5-6-10-13(16)20-12-9-7-8-11(14(12)17)15(18)19/h7-9,17H,2-6,10H2,1H3,(H,18,19). The molecule has 1 rings (SSSR count). The van der Waals surface area contributed by atoms with E-state index in [2.05, 4.69) is 6.92 Å². The zero-order valence-corrected chi connectivity index (χ0v) is 11.6. The molecule has 5 nitrogen and oxygen atoms in total. The molecule has 2 N–H and O–H groups in total. The lowest BCUT2D eigenvalue weighted by Crippen LogP contribution is -2.08. The number of ether oxygens (including phenoxy) is 1. The summed E-state index contributed by atoms with van der Waals surface area (Å²) in [6.07, 6.45) is 5.34. The monoisotopic (exact) mass is 280 g/mol. The molecule has 0 aromatic heterocycles. The van der Waals surface area contributed by atoms with Crippen LogP contribution in [0.25, 0.3) is 0 Å². The molecular weight excluding hydrogens is 260 g/mol. The molecule has 1 aromatic carbocycles. The zero-order valence-electron chi connectivity index (χ0n) is 11.6. The van der Waals surface area contributed by atoms with Gasteiger partial charge in [0, 0.05) is 6.42 Å². The third-order valence-electron chi connectivity index (χ3n) is 2.94. The van der Waals surface area contributed by atoms with Crippen LogP contribution < -0.4 is 4.74 Å². The van der Waals surface area contributed by atoms with E-state index in [9.17, 15) is 14.7 Å². The molecule has 20 heavy (non-hydrogen) atoms. The summed E-state index contributed by atoms with van der Waals surface area (Å²) < 4.78 is 4.99. The maximum Gasteiger partial charge on any atom is 0.339 e. The molecule has 0 saturated heterocycles. The van der Waals surface area contributed by atoms with E-state index in [1.54, 1.807) is 0 Å².